The third-order valence-corrected chi connectivity index (χ3v) is 5.55. The average Bonchev–Trinajstić information content (AvgIpc) is 3.56. The summed E-state index contributed by atoms with van der Waals surface area (Å²) in [6.45, 7) is -0.141. The number of hydrogen-bond donors (Lipinski definition) is 3. The van der Waals surface area contributed by atoms with Gasteiger partial charge in [0.2, 0.25) is 5.91 Å². The minimum atomic E-state index is -2.93. The van der Waals surface area contributed by atoms with Gasteiger partial charge >= 0.3 is 6.61 Å². The number of nitrogens with zero attached hydrogens (tertiary/aromatic N) is 1. The van der Waals surface area contributed by atoms with Gasteiger partial charge in [0.15, 0.2) is 5.96 Å². The van der Waals surface area contributed by atoms with Crippen molar-refractivity contribution < 1.29 is 23.0 Å². The lowest BCUT2D eigenvalue weighted by molar-refractivity contribution is -0.126. The van der Waals surface area contributed by atoms with Crippen LogP contribution in [-0.4, -0.2) is 44.2 Å². The maximum atomic E-state index is 12.8. The molecular formula is C22H33F2IN4O3. The summed E-state index contributed by atoms with van der Waals surface area (Å²) in [5, 5.41) is 9.71. The molecule has 0 aromatic heterocycles. The predicted octanol–water partition coefficient (Wildman–Crippen LogP) is 3.81. The molecule has 2 unspecified atom stereocenters. The number of carbonyl (C=O) groups is 1. The van der Waals surface area contributed by atoms with Crippen LogP contribution in [0.4, 0.5) is 8.78 Å². The predicted molar refractivity (Wildman–Crippen MR) is 130 cm³/mol. The number of hydrogen-bond acceptors (Lipinski definition) is 4. The molecule has 0 bridgehead atoms. The molecule has 3 N–H and O–H groups in total. The SMILES string of the molecule is CCNC(=NCc1ccc(OC)cc1OC(F)F)NC1CCCC(C(=O)NC2CC2)C1.I. The van der Waals surface area contributed by atoms with Crippen LogP contribution < -0.4 is 25.4 Å². The van der Waals surface area contributed by atoms with Crippen LogP contribution in [-0.2, 0) is 11.3 Å². The van der Waals surface area contributed by atoms with Crippen molar-refractivity contribution in [3.63, 3.8) is 0 Å². The largest absolute Gasteiger partial charge is 0.497 e. The summed E-state index contributed by atoms with van der Waals surface area (Å²) >= 11 is 0. The van der Waals surface area contributed by atoms with Crippen molar-refractivity contribution >= 4 is 35.8 Å². The second-order valence-corrected chi connectivity index (χ2v) is 8.03. The molecule has 7 nitrogen and oxygen atoms in total. The molecule has 2 saturated carbocycles. The molecule has 0 aliphatic heterocycles. The molecule has 1 aromatic carbocycles. The second-order valence-electron chi connectivity index (χ2n) is 8.03. The zero-order valence-electron chi connectivity index (χ0n) is 18.5. The van der Waals surface area contributed by atoms with E-state index in [4.69, 9.17) is 4.74 Å². The molecule has 0 heterocycles. The Kier molecular flexibility index (Phi) is 10.7. The van der Waals surface area contributed by atoms with E-state index in [9.17, 15) is 13.6 Å². The van der Waals surface area contributed by atoms with E-state index < -0.39 is 6.61 Å². The highest BCUT2D eigenvalue weighted by atomic mass is 127. The monoisotopic (exact) mass is 566 g/mol. The number of halogens is 3. The molecule has 2 atom stereocenters. The third kappa shape index (κ3) is 8.25. The van der Waals surface area contributed by atoms with Gasteiger partial charge in [-0.25, -0.2) is 4.99 Å². The van der Waals surface area contributed by atoms with E-state index in [0.717, 1.165) is 38.5 Å². The highest BCUT2D eigenvalue weighted by Gasteiger charge is 2.31. The summed E-state index contributed by atoms with van der Waals surface area (Å²) in [4.78, 5) is 17.0. The molecule has 10 heteroatoms. The van der Waals surface area contributed by atoms with Crippen LogP contribution in [0.2, 0.25) is 0 Å². The third-order valence-electron chi connectivity index (χ3n) is 5.55. The first-order chi connectivity index (χ1) is 15.0. The molecule has 2 fully saturated rings. The lowest BCUT2D eigenvalue weighted by atomic mass is 9.85. The summed E-state index contributed by atoms with van der Waals surface area (Å²) in [5.74, 6) is 1.24. The van der Waals surface area contributed by atoms with E-state index in [1.165, 1.54) is 13.2 Å². The Labute approximate surface area is 205 Å². The fraction of sp³-hybridized carbons (Fsp3) is 0.636. The van der Waals surface area contributed by atoms with Gasteiger partial charge < -0.3 is 25.4 Å². The normalized spacial score (nSPS) is 20.8. The van der Waals surface area contributed by atoms with Gasteiger partial charge in [-0.05, 0) is 51.2 Å². The van der Waals surface area contributed by atoms with Gasteiger partial charge in [0.25, 0.3) is 0 Å². The summed E-state index contributed by atoms with van der Waals surface area (Å²) < 4.78 is 35.3. The van der Waals surface area contributed by atoms with E-state index in [1.54, 1.807) is 12.1 Å². The molecule has 0 spiro atoms. The molecule has 1 amide bonds. The van der Waals surface area contributed by atoms with Crippen LogP contribution in [0.5, 0.6) is 11.5 Å². The lowest BCUT2D eigenvalue weighted by Gasteiger charge is -2.30. The van der Waals surface area contributed by atoms with Crippen molar-refractivity contribution in [2.45, 2.75) is 70.7 Å². The van der Waals surface area contributed by atoms with Crippen molar-refractivity contribution in [2.75, 3.05) is 13.7 Å². The molecule has 180 valence electrons. The summed E-state index contributed by atoms with van der Waals surface area (Å²) in [6.07, 6.45) is 5.76. The quantitative estimate of drug-likeness (QED) is 0.241. The van der Waals surface area contributed by atoms with Gasteiger partial charge in [0.1, 0.15) is 11.5 Å². The summed E-state index contributed by atoms with van der Waals surface area (Å²) in [6, 6.07) is 5.29. The van der Waals surface area contributed by atoms with Crippen molar-refractivity contribution in [2.24, 2.45) is 10.9 Å². The summed E-state index contributed by atoms with van der Waals surface area (Å²) in [7, 11) is 1.47. The Morgan fingerprint density at radius 1 is 1.19 bits per heavy atom. The van der Waals surface area contributed by atoms with Crippen LogP contribution in [0.25, 0.3) is 0 Å². The first-order valence-electron chi connectivity index (χ1n) is 11.0. The van der Waals surface area contributed by atoms with E-state index in [0.29, 0.717) is 29.9 Å². The van der Waals surface area contributed by atoms with Crippen LogP contribution in [0.1, 0.15) is 51.0 Å². The van der Waals surface area contributed by atoms with E-state index >= 15 is 0 Å². The number of ether oxygens (including phenoxy) is 2. The lowest BCUT2D eigenvalue weighted by Crippen LogP contribution is -2.47. The Hall–Kier alpha value is -1.85. The highest BCUT2D eigenvalue weighted by molar-refractivity contribution is 14.0. The number of aliphatic imine (C=N–C) groups is 1. The van der Waals surface area contributed by atoms with Crippen LogP contribution >= 0.6 is 24.0 Å². The highest BCUT2D eigenvalue weighted by Crippen LogP contribution is 2.28. The Morgan fingerprint density at radius 2 is 1.97 bits per heavy atom. The topological polar surface area (TPSA) is 84.0 Å². The Bertz CT molecular complexity index is 778. The van der Waals surface area contributed by atoms with Crippen molar-refractivity contribution in [3.05, 3.63) is 23.8 Å². The minimum absolute atomic E-state index is 0. The van der Waals surface area contributed by atoms with Crippen molar-refractivity contribution in [1.29, 1.82) is 0 Å². The molecule has 0 radical (unpaired) electrons. The smallest absolute Gasteiger partial charge is 0.387 e. The van der Waals surface area contributed by atoms with Crippen LogP contribution in [0.3, 0.4) is 0 Å². The first kappa shape index (κ1) is 26.4. The molecular weight excluding hydrogens is 533 g/mol. The average molecular weight is 566 g/mol. The molecule has 32 heavy (non-hydrogen) atoms. The van der Waals surface area contributed by atoms with Crippen LogP contribution in [0.15, 0.2) is 23.2 Å². The number of benzene rings is 1. The van der Waals surface area contributed by atoms with Gasteiger partial charge in [-0.2, -0.15) is 8.78 Å². The fourth-order valence-corrected chi connectivity index (χ4v) is 3.78. The number of alkyl halides is 2. The second kappa shape index (κ2) is 13.0. The fourth-order valence-electron chi connectivity index (χ4n) is 3.78. The van der Waals surface area contributed by atoms with Crippen molar-refractivity contribution in [1.82, 2.24) is 16.0 Å². The summed E-state index contributed by atoms with van der Waals surface area (Å²) in [5.41, 5.74) is 0.531. The number of nitrogens with one attached hydrogen (secondary N) is 3. The molecule has 3 rings (SSSR count). The van der Waals surface area contributed by atoms with Crippen molar-refractivity contribution in [3.8, 4) is 11.5 Å². The van der Waals surface area contributed by atoms with Gasteiger partial charge in [-0.3, -0.25) is 4.79 Å². The van der Waals surface area contributed by atoms with Gasteiger partial charge in [-0.15, -0.1) is 24.0 Å². The van der Waals surface area contributed by atoms with Gasteiger partial charge in [0.05, 0.1) is 13.7 Å². The van der Waals surface area contributed by atoms with E-state index in [1.807, 2.05) is 6.92 Å². The number of amides is 1. The molecule has 2 aliphatic rings. The van der Waals surface area contributed by atoms with Gasteiger partial charge in [-0.1, -0.05) is 6.42 Å². The Morgan fingerprint density at radius 3 is 2.62 bits per heavy atom. The standard InChI is InChI=1S/C22H32F2N4O3.HI/c1-3-25-22(26-13-15-7-10-18(30-2)12-19(15)31-21(23)24)28-17-6-4-5-14(11-17)20(29)27-16-8-9-16;/h7,10,12,14,16-17,21H,3-6,8-9,11,13H2,1-2H3,(H,27,29)(H2,25,26,28);1H. The number of guanidine groups is 1. The zero-order valence-corrected chi connectivity index (χ0v) is 20.9. The molecule has 0 saturated heterocycles. The number of methoxy groups -OCH3 is 1. The Balaban J connectivity index is 0.00000363. The van der Waals surface area contributed by atoms with E-state index in [2.05, 4.69) is 25.7 Å². The van der Waals surface area contributed by atoms with Crippen LogP contribution in [0, 0.1) is 5.92 Å². The number of carbonyl (C=O) groups excluding carboxylic acids is 1. The first-order valence-corrected chi connectivity index (χ1v) is 11.0. The maximum absolute atomic E-state index is 12.8. The minimum Gasteiger partial charge on any atom is -0.497 e. The molecule has 1 aromatic rings. The molecule has 2 aliphatic carbocycles. The number of rotatable bonds is 9. The van der Waals surface area contributed by atoms with E-state index in [-0.39, 0.29) is 54.1 Å². The maximum Gasteiger partial charge on any atom is 0.387 e. The van der Waals surface area contributed by atoms with Gasteiger partial charge in [0, 0.05) is 36.2 Å². The zero-order chi connectivity index (χ0) is 22.2.